The van der Waals surface area contributed by atoms with Gasteiger partial charge in [-0.15, -0.1) is 0 Å². The highest BCUT2D eigenvalue weighted by molar-refractivity contribution is 5.05. The number of aromatic nitrogens is 2. The quantitative estimate of drug-likeness (QED) is 0.705. The number of hydrogen-bond donors (Lipinski definition) is 1. The van der Waals surface area contributed by atoms with E-state index in [4.69, 9.17) is 9.47 Å². The summed E-state index contributed by atoms with van der Waals surface area (Å²) in [6, 6.07) is 0. The van der Waals surface area contributed by atoms with Gasteiger partial charge >= 0.3 is 5.69 Å². The maximum Gasteiger partial charge on any atom is 0.331 e. The van der Waals surface area contributed by atoms with Crippen LogP contribution in [-0.4, -0.2) is 39.7 Å². The van der Waals surface area contributed by atoms with Crippen molar-refractivity contribution >= 4 is 0 Å². The minimum atomic E-state index is -0.120. The van der Waals surface area contributed by atoms with Crippen LogP contribution < -0.4 is 5.69 Å². The molecule has 0 spiro atoms. The monoisotopic (exact) mass is 268 g/mol. The first-order chi connectivity index (χ1) is 9.24. The first kappa shape index (κ1) is 12.7. The number of ether oxygens (including phenoxy) is 2. The van der Waals surface area contributed by atoms with Gasteiger partial charge in [-0.25, -0.2) is 4.79 Å². The molecule has 1 aromatic heterocycles. The van der Waals surface area contributed by atoms with Crippen LogP contribution in [0, 0.1) is 0 Å². The number of epoxide rings is 2. The van der Waals surface area contributed by atoms with Gasteiger partial charge < -0.3 is 14.6 Å². The van der Waals surface area contributed by atoms with Gasteiger partial charge in [0.2, 0.25) is 5.88 Å². The lowest BCUT2D eigenvalue weighted by Gasteiger charge is -2.02. The molecule has 6 heteroatoms. The van der Waals surface area contributed by atoms with Gasteiger partial charge in [0.1, 0.15) is 0 Å². The molecule has 0 saturated carbocycles. The zero-order chi connectivity index (χ0) is 13.2. The zero-order valence-electron chi connectivity index (χ0n) is 11.0. The summed E-state index contributed by atoms with van der Waals surface area (Å²) >= 11 is 0. The molecular weight excluding hydrogens is 248 g/mol. The molecule has 2 fully saturated rings. The maximum atomic E-state index is 12.1. The van der Waals surface area contributed by atoms with Crippen LogP contribution >= 0.6 is 0 Å². The summed E-state index contributed by atoms with van der Waals surface area (Å²) in [6.45, 7) is 2.89. The number of aryl methyl sites for hydroxylation is 1. The van der Waals surface area contributed by atoms with E-state index in [9.17, 15) is 9.90 Å². The lowest BCUT2D eigenvalue weighted by atomic mass is 10.2. The van der Waals surface area contributed by atoms with Crippen LogP contribution in [0.15, 0.2) is 11.0 Å². The number of aromatic hydroxyl groups is 1. The predicted octanol–water partition coefficient (Wildman–Crippen LogP) is 0.713. The summed E-state index contributed by atoms with van der Waals surface area (Å²) in [7, 11) is 0. The molecule has 0 aromatic carbocycles. The summed E-state index contributed by atoms with van der Waals surface area (Å²) in [5.41, 5.74) is -0.120. The second-order valence-corrected chi connectivity index (χ2v) is 5.31. The molecule has 0 bridgehead atoms. The van der Waals surface area contributed by atoms with Crippen molar-refractivity contribution in [1.29, 1.82) is 0 Å². The average Bonchev–Trinajstić information content (AvgIpc) is 3.25. The Morgan fingerprint density at radius 1 is 1.16 bits per heavy atom. The number of imidazole rings is 1. The van der Waals surface area contributed by atoms with E-state index in [0.29, 0.717) is 25.3 Å². The molecule has 2 unspecified atom stereocenters. The fraction of sp³-hybridized carbons (Fsp3) is 0.769. The van der Waals surface area contributed by atoms with Crippen molar-refractivity contribution in [2.24, 2.45) is 0 Å². The largest absolute Gasteiger partial charge is 0.493 e. The van der Waals surface area contributed by atoms with E-state index < -0.39 is 0 Å². The predicted molar refractivity (Wildman–Crippen MR) is 68.3 cm³/mol. The summed E-state index contributed by atoms with van der Waals surface area (Å²) in [6.07, 6.45) is 6.00. The first-order valence-corrected chi connectivity index (χ1v) is 6.96. The lowest BCUT2D eigenvalue weighted by molar-refractivity contribution is 0.372. The molecule has 106 valence electrons. The Bertz CT molecular complexity index is 485. The maximum absolute atomic E-state index is 12.1. The molecule has 0 amide bonds. The van der Waals surface area contributed by atoms with Crippen molar-refractivity contribution in [3.8, 4) is 5.88 Å². The van der Waals surface area contributed by atoms with Crippen molar-refractivity contribution in [1.82, 2.24) is 9.13 Å². The standard InChI is InChI=1S/C13H20N2O4/c16-12-7-14(5-1-3-10-8-18-10)13(17)15(12)6-2-4-11-9-19-11/h7,10-11,16H,1-6,8-9H2. The minimum Gasteiger partial charge on any atom is -0.493 e. The minimum absolute atomic E-state index is 0.0596. The Morgan fingerprint density at radius 2 is 1.74 bits per heavy atom. The van der Waals surface area contributed by atoms with Crippen LogP contribution in [0.3, 0.4) is 0 Å². The second-order valence-electron chi connectivity index (χ2n) is 5.31. The zero-order valence-corrected chi connectivity index (χ0v) is 11.0. The molecule has 19 heavy (non-hydrogen) atoms. The number of rotatable bonds is 8. The third-order valence-electron chi connectivity index (χ3n) is 3.66. The molecule has 2 aliphatic rings. The summed E-state index contributed by atoms with van der Waals surface area (Å²) in [4.78, 5) is 12.1. The molecule has 2 atom stereocenters. The molecule has 3 rings (SSSR count). The normalized spacial score (nSPS) is 24.6. The molecule has 2 saturated heterocycles. The van der Waals surface area contributed by atoms with E-state index >= 15 is 0 Å². The van der Waals surface area contributed by atoms with Crippen LogP contribution in [0.4, 0.5) is 0 Å². The summed E-state index contributed by atoms with van der Waals surface area (Å²) in [5.74, 6) is 0.0596. The van der Waals surface area contributed by atoms with E-state index in [0.717, 1.165) is 38.9 Å². The number of hydrogen-bond acceptors (Lipinski definition) is 4. The van der Waals surface area contributed by atoms with Gasteiger partial charge in [-0.05, 0) is 25.7 Å². The van der Waals surface area contributed by atoms with Gasteiger partial charge in [0.15, 0.2) is 0 Å². The van der Waals surface area contributed by atoms with Gasteiger partial charge in [0.05, 0.1) is 31.6 Å². The topological polar surface area (TPSA) is 72.2 Å². The van der Waals surface area contributed by atoms with Crippen LogP contribution in [0.2, 0.25) is 0 Å². The third kappa shape index (κ3) is 3.39. The number of nitrogens with zero attached hydrogens (tertiary/aromatic N) is 2. The average molecular weight is 268 g/mol. The highest BCUT2D eigenvalue weighted by Crippen LogP contribution is 2.18. The van der Waals surface area contributed by atoms with Crippen LogP contribution in [0.25, 0.3) is 0 Å². The van der Waals surface area contributed by atoms with Crippen LogP contribution in [0.1, 0.15) is 25.7 Å². The van der Waals surface area contributed by atoms with Crippen molar-refractivity contribution in [3.05, 3.63) is 16.7 Å². The Morgan fingerprint density at radius 3 is 2.32 bits per heavy atom. The van der Waals surface area contributed by atoms with Crippen molar-refractivity contribution < 1.29 is 14.6 Å². The van der Waals surface area contributed by atoms with Gasteiger partial charge in [-0.3, -0.25) is 9.13 Å². The molecule has 3 heterocycles. The van der Waals surface area contributed by atoms with E-state index in [1.807, 2.05) is 0 Å². The smallest absolute Gasteiger partial charge is 0.331 e. The molecule has 0 aliphatic carbocycles. The van der Waals surface area contributed by atoms with Gasteiger partial charge in [-0.1, -0.05) is 0 Å². The Hall–Kier alpha value is -1.27. The molecule has 6 nitrogen and oxygen atoms in total. The van der Waals surface area contributed by atoms with Crippen molar-refractivity contribution in [3.63, 3.8) is 0 Å². The van der Waals surface area contributed by atoms with Gasteiger partial charge in [0, 0.05) is 13.1 Å². The molecule has 1 aromatic rings. The first-order valence-electron chi connectivity index (χ1n) is 6.96. The Kier molecular flexibility index (Phi) is 3.61. The van der Waals surface area contributed by atoms with Gasteiger partial charge in [0.25, 0.3) is 0 Å². The third-order valence-corrected chi connectivity index (χ3v) is 3.66. The van der Waals surface area contributed by atoms with Crippen LogP contribution in [-0.2, 0) is 22.6 Å². The summed E-state index contributed by atoms with van der Waals surface area (Å²) in [5, 5.41) is 9.80. The van der Waals surface area contributed by atoms with E-state index in [1.165, 1.54) is 10.8 Å². The highest BCUT2D eigenvalue weighted by atomic mass is 16.6. The van der Waals surface area contributed by atoms with E-state index in [-0.39, 0.29) is 11.6 Å². The molecule has 2 aliphatic heterocycles. The van der Waals surface area contributed by atoms with Crippen LogP contribution in [0.5, 0.6) is 5.88 Å². The molecular formula is C13H20N2O4. The second kappa shape index (κ2) is 5.38. The molecule has 1 N–H and O–H groups in total. The van der Waals surface area contributed by atoms with E-state index in [2.05, 4.69) is 0 Å². The molecule has 0 radical (unpaired) electrons. The fourth-order valence-corrected chi connectivity index (χ4v) is 2.32. The van der Waals surface area contributed by atoms with Crippen molar-refractivity contribution in [2.45, 2.75) is 51.0 Å². The lowest BCUT2D eigenvalue weighted by Crippen LogP contribution is -2.24. The van der Waals surface area contributed by atoms with Gasteiger partial charge in [-0.2, -0.15) is 0 Å². The highest BCUT2D eigenvalue weighted by Gasteiger charge is 2.23. The van der Waals surface area contributed by atoms with Crippen molar-refractivity contribution in [2.75, 3.05) is 13.2 Å². The SMILES string of the molecule is O=c1n(CCCC2CO2)cc(O)n1CCCC1CO1. The Labute approximate surface area is 111 Å². The Balaban J connectivity index is 1.52. The fourth-order valence-electron chi connectivity index (χ4n) is 2.32. The summed E-state index contributed by atoms with van der Waals surface area (Å²) < 4.78 is 13.3. The van der Waals surface area contributed by atoms with E-state index in [1.54, 1.807) is 4.57 Å².